The van der Waals surface area contributed by atoms with Gasteiger partial charge in [0.25, 0.3) is 5.91 Å². The molecule has 24 heavy (non-hydrogen) atoms. The van der Waals surface area contributed by atoms with E-state index in [1.165, 1.54) is 0 Å². The third-order valence-electron chi connectivity index (χ3n) is 4.66. The lowest BCUT2D eigenvalue weighted by molar-refractivity contribution is -0.123. The number of hydrogen-bond acceptors (Lipinski definition) is 4. The third kappa shape index (κ3) is 3.68. The van der Waals surface area contributed by atoms with Crippen LogP contribution in [0.2, 0.25) is 0 Å². The van der Waals surface area contributed by atoms with Crippen LogP contribution in [0.3, 0.4) is 0 Å². The second-order valence-corrected chi connectivity index (χ2v) is 6.19. The first-order valence-corrected chi connectivity index (χ1v) is 8.15. The highest BCUT2D eigenvalue weighted by Gasteiger charge is 2.24. The van der Waals surface area contributed by atoms with Gasteiger partial charge in [-0.05, 0) is 66.6 Å². The molecular weight excluding hydrogens is 304 g/mol. The summed E-state index contributed by atoms with van der Waals surface area (Å²) in [5.41, 5.74) is 5.44. The number of amides is 1. The van der Waals surface area contributed by atoms with Gasteiger partial charge in [0.05, 0.1) is 0 Å². The molecule has 124 valence electrons. The highest BCUT2D eigenvalue weighted by molar-refractivity contribution is 5.93. The number of Topliss-reactive ketones (excluding diaryl/α,β-unsaturated/α-hetero) is 1. The lowest BCUT2D eigenvalue weighted by Gasteiger charge is -2.24. The Balaban J connectivity index is 1.62. The highest BCUT2D eigenvalue weighted by Crippen LogP contribution is 2.28. The number of hydroxylamine groups is 1. The van der Waals surface area contributed by atoms with Crippen LogP contribution in [0, 0.1) is 5.92 Å². The number of benzene rings is 1. The predicted molar refractivity (Wildman–Crippen MR) is 88.8 cm³/mol. The molecule has 0 saturated carbocycles. The molecule has 1 heterocycles. The van der Waals surface area contributed by atoms with Crippen LogP contribution in [0.4, 0.5) is 0 Å². The van der Waals surface area contributed by atoms with Gasteiger partial charge in [-0.25, -0.2) is 5.48 Å². The van der Waals surface area contributed by atoms with Gasteiger partial charge in [0.1, 0.15) is 5.78 Å². The Morgan fingerprint density at radius 2 is 1.96 bits per heavy atom. The Morgan fingerprint density at radius 3 is 2.71 bits per heavy atom. The fourth-order valence-corrected chi connectivity index (χ4v) is 3.26. The molecule has 5 heteroatoms. The van der Waals surface area contributed by atoms with E-state index >= 15 is 0 Å². The minimum Gasteiger partial charge on any atom is -0.299 e. The average molecular weight is 324 g/mol. The summed E-state index contributed by atoms with van der Waals surface area (Å²) in [7, 11) is 0. The van der Waals surface area contributed by atoms with Gasteiger partial charge in [0, 0.05) is 30.3 Å². The van der Waals surface area contributed by atoms with E-state index in [0.717, 1.165) is 42.4 Å². The number of aryl methyl sites for hydroxylation is 2. The molecule has 1 unspecified atom stereocenters. The van der Waals surface area contributed by atoms with Gasteiger partial charge in [-0.2, -0.15) is 0 Å². The molecule has 0 bridgehead atoms. The van der Waals surface area contributed by atoms with E-state index in [0.29, 0.717) is 17.8 Å². The van der Waals surface area contributed by atoms with Gasteiger partial charge < -0.3 is 0 Å². The van der Waals surface area contributed by atoms with Crippen LogP contribution in [0.1, 0.15) is 39.9 Å². The van der Waals surface area contributed by atoms with Gasteiger partial charge in [0.15, 0.2) is 0 Å². The molecule has 0 aliphatic heterocycles. The number of nitrogens with one attached hydrogen (secondary N) is 1. The molecule has 3 rings (SSSR count). The second-order valence-electron chi connectivity index (χ2n) is 6.19. The highest BCUT2D eigenvalue weighted by atomic mass is 16.5. The fourth-order valence-electron chi connectivity index (χ4n) is 3.26. The van der Waals surface area contributed by atoms with E-state index in [1.54, 1.807) is 30.0 Å². The van der Waals surface area contributed by atoms with Crippen LogP contribution in [0.25, 0.3) is 0 Å². The van der Waals surface area contributed by atoms with Crippen molar-refractivity contribution in [3.8, 4) is 0 Å². The monoisotopic (exact) mass is 324 g/mol. The summed E-state index contributed by atoms with van der Waals surface area (Å²) in [5, 5.41) is 8.71. The summed E-state index contributed by atoms with van der Waals surface area (Å²) in [5.74, 6) is -0.153. The molecule has 1 atom stereocenters. The third-order valence-corrected chi connectivity index (χ3v) is 4.66. The molecule has 0 radical (unpaired) electrons. The summed E-state index contributed by atoms with van der Waals surface area (Å²) in [6.07, 6.45) is 7.12. The number of nitrogens with zero attached hydrogens (tertiary/aromatic N) is 1. The summed E-state index contributed by atoms with van der Waals surface area (Å²) in [6, 6.07) is 9.27. The quantitative estimate of drug-likeness (QED) is 0.654. The fraction of sp³-hybridized carbons (Fsp3) is 0.316. The maximum absolute atomic E-state index is 12.5. The number of aromatic nitrogens is 1. The van der Waals surface area contributed by atoms with Gasteiger partial charge >= 0.3 is 0 Å². The maximum atomic E-state index is 12.5. The number of hydrogen-bond donors (Lipinski definition) is 2. The second kappa shape index (κ2) is 7.36. The van der Waals surface area contributed by atoms with E-state index in [4.69, 9.17) is 5.21 Å². The lowest BCUT2D eigenvalue weighted by Crippen LogP contribution is -2.24. The first kappa shape index (κ1) is 16.3. The molecule has 5 nitrogen and oxygen atoms in total. The summed E-state index contributed by atoms with van der Waals surface area (Å²) in [6.45, 7) is 0. The van der Waals surface area contributed by atoms with E-state index in [9.17, 15) is 9.59 Å². The zero-order chi connectivity index (χ0) is 16.9. The van der Waals surface area contributed by atoms with Gasteiger partial charge in [-0.1, -0.05) is 6.07 Å². The maximum Gasteiger partial charge on any atom is 0.274 e. The zero-order valence-corrected chi connectivity index (χ0v) is 13.4. The SMILES string of the molecule is O=C(NO)c1ccc2c(c1)CCC(C(=O)CCc1ccncc1)C2. The topological polar surface area (TPSA) is 79.3 Å². The van der Waals surface area contributed by atoms with Crippen molar-refractivity contribution in [2.75, 3.05) is 0 Å². The average Bonchev–Trinajstić information content (AvgIpc) is 2.65. The van der Waals surface area contributed by atoms with Crippen molar-refractivity contribution >= 4 is 11.7 Å². The van der Waals surface area contributed by atoms with E-state index < -0.39 is 5.91 Å². The molecule has 0 saturated heterocycles. The van der Waals surface area contributed by atoms with Crippen LogP contribution in [0.15, 0.2) is 42.7 Å². The van der Waals surface area contributed by atoms with Gasteiger partial charge in [0.2, 0.25) is 0 Å². The Hall–Kier alpha value is -2.53. The molecule has 2 N–H and O–H groups in total. The van der Waals surface area contributed by atoms with Crippen LogP contribution < -0.4 is 5.48 Å². The largest absolute Gasteiger partial charge is 0.299 e. The molecular formula is C19H20N2O3. The molecule has 1 aromatic carbocycles. The van der Waals surface area contributed by atoms with E-state index in [1.807, 2.05) is 18.2 Å². The van der Waals surface area contributed by atoms with E-state index in [-0.39, 0.29) is 5.92 Å². The van der Waals surface area contributed by atoms with Crippen LogP contribution in [0.5, 0.6) is 0 Å². The lowest BCUT2D eigenvalue weighted by atomic mass is 9.80. The van der Waals surface area contributed by atoms with Crippen LogP contribution in [-0.2, 0) is 24.1 Å². The van der Waals surface area contributed by atoms with Crippen LogP contribution in [-0.4, -0.2) is 21.9 Å². The number of fused-ring (bicyclic) bond motifs is 1. The minimum atomic E-state index is -0.506. The number of ketones is 1. The first-order valence-electron chi connectivity index (χ1n) is 8.15. The van der Waals surface area contributed by atoms with Crippen molar-refractivity contribution in [2.24, 2.45) is 5.92 Å². The van der Waals surface area contributed by atoms with Crippen molar-refractivity contribution in [2.45, 2.75) is 32.1 Å². The number of carbonyl (C=O) groups is 2. The summed E-state index contributed by atoms with van der Waals surface area (Å²) >= 11 is 0. The van der Waals surface area contributed by atoms with Crippen molar-refractivity contribution < 1.29 is 14.8 Å². The Kier molecular flexibility index (Phi) is 5.01. The van der Waals surface area contributed by atoms with Crippen molar-refractivity contribution in [1.29, 1.82) is 0 Å². The van der Waals surface area contributed by atoms with Gasteiger partial charge in [-0.15, -0.1) is 0 Å². The number of pyridine rings is 1. The smallest absolute Gasteiger partial charge is 0.274 e. The predicted octanol–water partition coefficient (Wildman–Crippen LogP) is 2.51. The molecule has 0 spiro atoms. The molecule has 1 aliphatic rings. The Bertz CT molecular complexity index is 744. The number of carbonyl (C=O) groups excluding carboxylic acids is 2. The van der Waals surface area contributed by atoms with E-state index in [2.05, 4.69) is 4.98 Å². The van der Waals surface area contributed by atoms with Gasteiger partial charge in [-0.3, -0.25) is 19.8 Å². The summed E-state index contributed by atoms with van der Waals surface area (Å²) < 4.78 is 0. The Morgan fingerprint density at radius 1 is 1.17 bits per heavy atom. The molecule has 1 aliphatic carbocycles. The minimum absolute atomic E-state index is 0.0526. The Labute approximate surface area is 140 Å². The summed E-state index contributed by atoms with van der Waals surface area (Å²) in [4.78, 5) is 27.9. The first-order chi connectivity index (χ1) is 11.7. The van der Waals surface area contributed by atoms with Crippen LogP contribution >= 0.6 is 0 Å². The molecule has 2 aromatic rings. The normalized spacial score (nSPS) is 16.3. The zero-order valence-electron chi connectivity index (χ0n) is 13.4. The van der Waals surface area contributed by atoms with Crippen molar-refractivity contribution in [1.82, 2.24) is 10.5 Å². The standard InChI is InChI=1S/C19H20N2O3/c22-18(6-1-13-7-9-20-10-8-13)16-4-2-15-12-17(19(23)21-24)5-3-14(15)11-16/h3,5,7-10,12,16,24H,1-2,4,6,11H2,(H,21,23). The van der Waals surface area contributed by atoms with Crippen molar-refractivity contribution in [3.63, 3.8) is 0 Å². The molecule has 1 amide bonds. The van der Waals surface area contributed by atoms with Crippen molar-refractivity contribution in [3.05, 3.63) is 65.0 Å². The molecule has 0 fully saturated rings. The number of rotatable bonds is 5. The molecule has 1 aromatic heterocycles.